The molecule has 0 aliphatic carbocycles. The van der Waals surface area contributed by atoms with Crippen molar-refractivity contribution in [2.24, 2.45) is 0 Å². The summed E-state index contributed by atoms with van der Waals surface area (Å²) in [6.07, 6.45) is 0.191. The molecule has 0 amide bonds. The number of carbonyl (C=O) groups excluding carboxylic acids is 1. The van der Waals surface area contributed by atoms with E-state index in [2.05, 4.69) is 6.07 Å². The monoisotopic (exact) mass is 233 g/mol. The minimum Gasteiger partial charge on any atom is -0.495 e. The molecule has 1 rings (SSSR count). The fraction of sp³-hybridized carbons (Fsp3) is 0.385. The van der Waals surface area contributed by atoms with Gasteiger partial charge in [0.05, 0.1) is 25.7 Å². The van der Waals surface area contributed by atoms with Gasteiger partial charge in [0.15, 0.2) is 0 Å². The molecular formula is C13H15NO3. The zero-order valence-electron chi connectivity index (χ0n) is 10.2. The number of methoxy groups -OCH3 is 1. The van der Waals surface area contributed by atoms with E-state index in [0.29, 0.717) is 17.9 Å². The van der Waals surface area contributed by atoms with Gasteiger partial charge in [-0.2, -0.15) is 5.26 Å². The summed E-state index contributed by atoms with van der Waals surface area (Å²) < 4.78 is 10.00. The molecule has 90 valence electrons. The SMILES string of the molecule is CCOC(=O)Cc1cc(C)c(C#N)c(OC)c1. The molecule has 0 aliphatic rings. The van der Waals surface area contributed by atoms with Crippen molar-refractivity contribution in [1.29, 1.82) is 5.26 Å². The molecule has 1 aromatic carbocycles. The molecular weight excluding hydrogens is 218 g/mol. The van der Waals surface area contributed by atoms with Gasteiger partial charge in [0.25, 0.3) is 0 Å². The second-order valence-electron chi connectivity index (χ2n) is 3.58. The summed E-state index contributed by atoms with van der Waals surface area (Å²) in [6, 6.07) is 5.58. The van der Waals surface area contributed by atoms with Gasteiger partial charge in [-0.15, -0.1) is 0 Å². The van der Waals surface area contributed by atoms with E-state index < -0.39 is 0 Å². The van der Waals surface area contributed by atoms with Crippen LogP contribution in [0.5, 0.6) is 5.75 Å². The van der Waals surface area contributed by atoms with Gasteiger partial charge in [0.2, 0.25) is 0 Å². The Balaban J connectivity index is 3.00. The van der Waals surface area contributed by atoms with Crippen molar-refractivity contribution < 1.29 is 14.3 Å². The van der Waals surface area contributed by atoms with Crippen molar-refractivity contribution in [2.45, 2.75) is 20.3 Å². The molecule has 0 bridgehead atoms. The van der Waals surface area contributed by atoms with Crippen molar-refractivity contribution in [1.82, 2.24) is 0 Å². The number of ether oxygens (including phenoxy) is 2. The molecule has 0 saturated carbocycles. The van der Waals surface area contributed by atoms with Gasteiger partial charge >= 0.3 is 5.97 Å². The average Bonchev–Trinajstić information content (AvgIpc) is 2.28. The van der Waals surface area contributed by atoms with Crippen LogP contribution >= 0.6 is 0 Å². The van der Waals surface area contributed by atoms with Crippen LogP contribution < -0.4 is 4.74 Å². The number of esters is 1. The molecule has 4 heteroatoms. The van der Waals surface area contributed by atoms with E-state index in [-0.39, 0.29) is 12.4 Å². The van der Waals surface area contributed by atoms with E-state index in [1.54, 1.807) is 19.1 Å². The van der Waals surface area contributed by atoms with Crippen LogP contribution in [0.15, 0.2) is 12.1 Å². The van der Waals surface area contributed by atoms with Crippen molar-refractivity contribution in [3.63, 3.8) is 0 Å². The van der Waals surface area contributed by atoms with Crippen molar-refractivity contribution >= 4 is 5.97 Å². The molecule has 0 atom stereocenters. The standard InChI is InChI=1S/C13H15NO3/c1-4-17-13(15)7-10-5-9(2)11(8-14)12(6-10)16-3/h5-6H,4,7H2,1-3H3. The second-order valence-corrected chi connectivity index (χ2v) is 3.58. The highest BCUT2D eigenvalue weighted by atomic mass is 16.5. The fourth-order valence-corrected chi connectivity index (χ4v) is 1.61. The van der Waals surface area contributed by atoms with Crippen LogP contribution in [0.4, 0.5) is 0 Å². The summed E-state index contributed by atoms with van der Waals surface area (Å²) in [5, 5.41) is 8.97. The van der Waals surface area contributed by atoms with E-state index in [9.17, 15) is 4.79 Å². The number of nitrogens with zero attached hydrogens (tertiary/aromatic N) is 1. The first-order chi connectivity index (χ1) is 8.12. The van der Waals surface area contributed by atoms with Crippen LogP contribution in [0.1, 0.15) is 23.6 Å². The quantitative estimate of drug-likeness (QED) is 0.746. The summed E-state index contributed by atoms with van der Waals surface area (Å²) in [5.41, 5.74) is 2.09. The van der Waals surface area contributed by atoms with Crippen LogP contribution in [0.25, 0.3) is 0 Å². The summed E-state index contributed by atoms with van der Waals surface area (Å²) in [5.74, 6) is 0.213. The molecule has 0 fully saturated rings. The molecule has 0 N–H and O–H groups in total. The first-order valence-corrected chi connectivity index (χ1v) is 5.35. The van der Waals surface area contributed by atoms with Gasteiger partial charge in [0.1, 0.15) is 11.8 Å². The minimum absolute atomic E-state index is 0.191. The number of hydrogen-bond donors (Lipinski definition) is 0. The Bertz CT molecular complexity index is 460. The molecule has 0 aromatic heterocycles. The number of nitriles is 1. The highest BCUT2D eigenvalue weighted by molar-refractivity contribution is 5.73. The molecule has 0 radical (unpaired) electrons. The number of aryl methyl sites for hydroxylation is 1. The molecule has 17 heavy (non-hydrogen) atoms. The third-order valence-electron chi connectivity index (χ3n) is 2.34. The topological polar surface area (TPSA) is 59.3 Å². The molecule has 0 spiro atoms. The Morgan fingerprint density at radius 1 is 1.47 bits per heavy atom. The predicted octanol–water partition coefficient (Wildman–Crippen LogP) is 1.98. The lowest BCUT2D eigenvalue weighted by molar-refractivity contribution is -0.142. The number of carbonyl (C=O) groups is 1. The first kappa shape index (κ1) is 13.0. The van der Waals surface area contributed by atoms with Gasteiger partial charge in [-0.05, 0) is 31.0 Å². The van der Waals surface area contributed by atoms with Gasteiger partial charge < -0.3 is 9.47 Å². The summed E-state index contributed by atoms with van der Waals surface area (Å²) in [7, 11) is 1.50. The summed E-state index contributed by atoms with van der Waals surface area (Å²) >= 11 is 0. The minimum atomic E-state index is -0.279. The van der Waals surface area contributed by atoms with Crippen LogP contribution in [-0.2, 0) is 16.0 Å². The third kappa shape index (κ3) is 3.22. The molecule has 4 nitrogen and oxygen atoms in total. The highest BCUT2D eigenvalue weighted by Gasteiger charge is 2.11. The lowest BCUT2D eigenvalue weighted by Gasteiger charge is -2.09. The smallest absolute Gasteiger partial charge is 0.310 e. The lowest BCUT2D eigenvalue weighted by atomic mass is 10.0. The molecule has 0 heterocycles. The van der Waals surface area contributed by atoms with Crippen molar-refractivity contribution in [3.05, 3.63) is 28.8 Å². The normalized spacial score (nSPS) is 9.53. The maximum atomic E-state index is 11.3. The first-order valence-electron chi connectivity index (χ1n) is 5.35. The van der Waals surface area contributed by atoms with Gasteiger partial charge in [-0.3, -0.25) is 4.79 Å². The Kier molecular flexibility index (Phi) is 4.53. The van der Waals surface area contributed by atoms with Crippen molar-refractivity contribution in [2.75, 3.05) is 13.7 Å². The molecule has 0 unspecified atom stereocenters. The number of benzene rings is 1. The Hall–Kier alpha value is -2.02. The predicted molar refractivity (Wildman–Crippen MR) is 62.8 cm³/mol. The van der Waals surface area contributed by atoms with Crippen LogP contribution in [-0.4, -0.2) is 19.7 Å². The number of hydrogen-bond acceptors (Lipinski definition) is 4. The zero-order chi connectivity index (χ0) is 12.8. The molecule has 0 saturated heterocycles. The third-order valence-corrected chi connectivity index (χ3v) is 2.34. The van der Waals surface area contributed by atoms with E-state index >= 15 is 0 Å². The zero-order valence-corrected chi connectivity index (χ0v) is 10.2. The maximum Gasteiger partial charge on any atom is 0.310 e. The Morgan fingerprint density at radius 2 is 2.18 bits per heavy atom. The number of rotatable bonds is 4. The van der Waals surface area contributed by atoms with Crippen LogP contribution in [0, 0.1) is 18.3 Å². The Labute approximate surface area is 101 Å². The fourth-order valence-electron chi connectivity index (χ4n) is 1.61. The Morgan fingerprint density at radius 3 is 2.71 bits per heavy atom. The summed E-state index contributed by atoms with van der Waals surface area (Å²) in [6.45, 7) is 3.95. The van der Waals surface area contributed by atoms with E-state index in [1.165, 1.54) is 7.11 Å². The largest absolute Gasteiger partial charge is 0.495 e. The van der Waals surface area contributed by atoms with Gasteiger partial charge in [0, 0.05) is 0 Å². The van der Waals surface area contributed by atoms with Crippen LogP contribution in [0.2, 0.25) is 0 Å². The van der Waals surface area contributed by atoms with Crippen LogP contribution in [0.3, 0.4) is 0 Å². The molecule has 1 aromatic rings. The van der Waals surface area contributed by atoms with Gasteiger partial charge in [-0.25, -0.2) is 0 Å². The second kappa shape index (κ2) is 5.90. The lowest BCUT2D eigenvalue weighted by Crippen LogP contribution is -2.08. The van der Waals surface area contributed by atoms with Gasteiger partial charge in [-0.1, -0.05) is 6.07 Å². The molecule has 0 aliphatic heterocycles. The van der Waals surface area contributed by atoms with Crippen molar-refractivity contribution in [3.8, 4) is 11.8 Å². The van der Waals surface area contributed by atoms with E-state index in [1.807, 2.05) is 6.92 Å². The van der Waals surface area contributed by atoms with E-state index in [0.717, 1.165) is 11.1 Å². The maximum absolute atomic E-state index is 11.3. The summed E-state index contributed by atoms with van der Waals surface area (Å²) in [4.78, 5) is 11.3. The average molecular weight is 233 g/mol. The highest BCUT2D eigenvalue weighted by Crippen LogP contribution is 2.23. The van der Waals surface area contributed by atoms with E-state index in [4.69, 9.17) is 14.7 Å².